The molecule has 0 spiro atoms. The summed E-state index contributed by atoms with van der Waals surface area (Å²) in [4.78, 5) is 13.4. The lowest BCUT2D eigenvalue weighted by atomic mass is 10.4. The normalized spacial score (nSPS) is 14.9. The van der Waals surface area contributed by atoms with Crippen LogP contribution in [-0.4, -0.2) is 45.7 Å². The molecule has 0 aliphatic heterocycles. The topological polar surface area (TPSA) is 63.4 Å². The van der Waals surface area contributed by atoms with Crippen LogP contribution in [0.1, 0.15) is 20.8 Å². The van der Waals surface area contributed by atoms with Crippen molar-refractivity contribution in [3.8, 4) is 0 Å². The second-order valence-corrected chi connectivity index (χ2v) is 4.90. The molecular weight excluding hydrogens is 200 g/mol. The van der Waals surface area contributed by atoms with Crippen molar-refractivity contribution in [3.05, 3.63) is 0 Å². The fourth-order valence-electron chi connectivity index (χ4n) is 1.20. The van der Waals surface area contributed by atoms with Crippen molar-refractivity contribution >= 4 is 16.7 Å². The van der Waals surface area contributed by atoms with Crippen LogP contribution in [0, 0.1) is 0 Å². The molecule has 0 bridgehead atoms. The van der Waals surface area contributed by atoms with E-state index in [1.54, 1.807) is 11.8 Å². The van der Waals surface area contributed by atoms with E-state index >= 15 is 0 Å². The molecule has 2 unspecified atom stereocenters. The molecule has 0 aromatic rings. The van der Waals surface area contributed by atoms with Gasteiger partial charge in [0, 0.05) is 36.2 Å². The summed E-state index contributed by atoms with van der Waals surface area (Å²) in [5, 5.41) is -0.432. The van der Waals surface area contributed by atoms with E-state index in [2.05, 4.69) is 0 Å². The first-order valence-corrected chi connectivity index (χ1v) is 6.32. The molecule has 0 saturated carbocycles. The van der Waals surface area contributed by atoms with E-state index < -0.39 is 16.0 Å². The molecule has 84 valence electrons. The Hall–Kier alpha value is -0.420. The second kappa shape index (κ2) is 6.95. The first kappa shape index (κ1) is 13.6. The molecule has 0 aromatic heterocycles. The number of nitrogens with zero attached hydrogens (tertiary/aromatic N) is 1. The lowest BCUT2D eigenvalue weighted by molar-refractivity contribution is -0.129. The van der Waals surface area contributed by atoms with Gasteiger partial charge in [0.2, 0.25) is 5.91 Å². The number of carbonyl (C=O) groups is 1. The standard InChI is InChI=1S/C9H20N2O2S/c1-4-11(5-2)9(12)8(3)14(13)7-6-10/h8H,4-7,10H2,1-3H3. The van der Waals surface area contributed by atoms with E-state index in [1.807, 2.05) is 13.8 Å². The molecule has 2 N–H and O–H groups in total. The zero-order valence-corrected chi connectivity index (χ0v) is 9.97. The van der Waals surface area contributed by atoms with E-state index in [0.29, 0.717) is 25.4 Å². The fraction of sp³-hybridized carbons (Fsp3) is 0.889. The molecule has 0 aromatic carbocycles. The van der Waals surface area contributed by atoms with Gasteiger partial charge in [-0.25, -0.2) is 0 Å². The van der Waals surface area contributed by atoms with Crippen molar-refractivity contribution in [2.24, 2.45) is 5.73 Å². The lowest BCUT2D eigenvalue weighted by Crippen LogP contribution is -2.40. The Balaban J connectivity index is 4.29. The zero-order valence-electron chi connectivity index (χ0n) is 9.16. The molecular formula is C9H20N2O2S. The highest BCUT2D eigenvalue weighted by Crippen LogP contribution is 2.02. The van der Waals surface area contributed by atoms with Crippen LogP contribution in [0.25, 0.3) is 0 Å². The van der Waals surface area contributed by atoms with Crippen molar-refractivity contribution in [1.82, 2.24) is 4.90 Å². The highest BCUT2D eigenvalue weighted by molar-refractivity contribution is 7.86. The Kier molecular flexibility index (Phi) is 6.74. The van der Waals surface area contributed by atoms with Crippen molar-refractivity contribution in [3.63, 3.8) is 0 Å². The monoisotopic (exact) mass is 220 g/mol. The molecule has 4 nitrogen and oxygen atoms in total. The van der Waals surface area contributed by atoms with Gasteiger partial charge in [0.1, 0.15) is 5.25 Å². The Morgan fingerprint density at radius 3 is 2.29 bits per heavy atom. The highest BCUT2D eigenvalue weighted by atomic mass is 32.2. The minimum absolute atomic E-state index is 0.0400. The van der Waals surface area contributed by atoms with Crippen molar-refractivity contribution in [1.29, 1.82) is 0 Å². The zero-order chi connectivity index (χ0) is 11.1. The van der Waals surface area contributed by atoms with Gasteiger partial charge in [-0.3, -0.25) is 9.00 Å². The Morgan fingerprint density at radius 1 is 1.43 bits per heavy atom. The number of carbonyl (C=O) groups excluding carboxylic acids is 1. The van der Waals surface area contributed by atoms with Crippen LogP contribution >= 0.6 is 0 Å². The van der Waals surface area contributed by atoms with Crippen LogP contribution in [0.3, 0.4) is 0 Å². The summed E-state index contributed by atoms with van der Waals surface area (Å²) in [5.74, 6) is 0.357. The van der Waals surface area contributed by atoms with Gasteiger partial charge in [0.15, 0.2) is 0 Å². The predicted octanol–water partition coefficient (Wildman–Crippen LogP) is -0.0493. The molecule has 5 heteroatoms. The summed E-state index contributed by atoms with van der Waals surface area (Å²) >= 11 is 0. The third-order valence-electron chi connectivity index (χ3n) is 2.14. The third kappa shape index (κ3) is 3.75. The Bertz CT molecular complexity index is 205. The van der Waals surface area contributed by atoms with E-state index in [-0.39, 0.29) is 5.91 Å². The van der Waals surface area contributed by atoms with Gasteiger partial charge in [0.05, 0.1) is 0 Å². The molecule has 0 aliphatic carbocycles. The maximum atomic E-state index is 11.7. The Labute approximate surface area is 88.3 Å². The molecule has 0 heterocycles. The summed E-state index contributed by atoms with van der Waals surface area (Å²) in [7, 11) is -1.13. The van der Waals surface area contributed by atoms with Gasteiger partial charge in [-0.05, 0) is 20.8 Å². The minimum atomic E-state index is -1.13. The van der Waals surface area contributed by atoms with Crippen LogP contribution in [0.2, 0.25) is 0 Å². The summed E-state index contributed by atoms with van der Waals surface area (Å²) in [5.41, 5.74) is 5.29. The largest absolute Gasteiger partial charge is 0.342 e. The van der Waals surface area contributed by atoms with Gasteiger partial charge in [0.25, 0.3) is 0 Å². The lowest BCUT2D eigenvalue weighted by Gasteiger charge is -2.22. The number of amides is 1. The maximum absolute atomic E-state index is 11.7. The quantitative estimate of drug-likeness (QED) is 0.682. The van der Waals surface area contributed by atoms with Gasteiger partial charge in [-0.1, -0.05) is 0 Å². The van der Waals surface area contributed by atoms with Gasteiger partial charge >= 0.3 is 0 Å². The van der Waals surface area contributed by atoms with Crippen LogP contribution in [0.4, 0.5) is 0 Å². The smallest absolute Gasteiger partial charge is 0.238 e. The fourth-order valence-corrected chi connectivity index (χ4v) is 2.16. The minimum Gasteiger partial charge on any atom is -0.342 e. The number of hydrogen-bond acceptors (Lipinski definition) is 3. The van der Waals surface area contributed by atoms with E-state index in [1.165, 1.54) is 0 Å². The van der Waals surface area contributed by atoms with Crippen LogP contribution in [0.15, 0.2) is 0 Å². The van der Waals surface area contributed by atoms with E-state index in [0.717, 1.165) is 0 Å². The van der Waals surface area contributed by atoms with Crippen molar-refractivity contribution in [2.75, 3.05) is 25.4 Å². The summed E-state index contributed by atoms with van der Waals surface area (Å²) < 4.78 is 11.5. The van der Waals surface area contributed by atoms with Crippen molar-refractivity contribution in [2.45, 2.75) is 26.0 Å². The van der Waals surface area contributed by atoms with Crippen LogP contribution < -0.4 is 5.73 Å². The molecule has 1 amide bonds. The molecule has 0 rings (SSSR count). The molecule has 0 radical (unpaired) electrons. The van der Waals surface area contributed by atoms with Crippen LogP contribution in [-0.2, 0) is 15.6 Å². The van der Waals surface area contributed by atoms with Crippen molar-refractivity contribution < 1.29 is 9.00 Å². The van der Waals surface area contributed by atoms with Gasteiger partial charge in [-0.2, -0.15) is 0 Å². The van der Waals surface area contributed by atoms with Gasteiger partial charge in [-0.15, -0.1) is 0 Å². The Morgan fingerprint density at radius 2 is 1.93 bits per heavy atom. The first-order valence-electron chi connectivity index (χ1n) is 4.94. The SMILES string of the molecule is CCN(CC)C(=O)C(C)S(=O)CCN. The molecule has 14 heavy (non-hydrogen) atoms. The average Bonchev–Trinajstić information content (AvgIpc) is 2.18. The summed E-state index contributed by atoms with van der Waals surface area (Å²) in [6.45, 7) is 7.23. The highest BCUT2D eigenvalue weighted by Gasteiger charge is 2.22. The number of nitrogens with two attached hydrogens (primary N) is 1. The first-order chi connectivity index (χ1) is 6.58. The summed E-state index contributed by atoms with van der Waals surface area (Å²) in [6, 6.07) is 0. The van der Waals surface area contributed by atoms with E-state index in [9.17, 15) is 9.00 Å². The molecule has 0 aliphatic rings. The average molecular weight is 220 g/mol. The molecule has 0 fully saturated rings. The summed E-state index contributed by atoms with van der Waals surface area (Å²) in [6.07, 6.45) is 0. The molecule has 2 atom stereocenters. The number of rotatable bonds is 6. The predicted molar refractivity (Wildman–Crippen MR) is 59.5 cm³/mol. The van der Waals surface area contributed by atoms with Gasteiger partial charge < -0.3 is 10.6 Å². The second-order valence-electron chi connectivity index (χ2n) is 3.03. The third-order valence-corrected chi connectivity index (χ3v) is 3.76. The van der Waals surface area contributed by atoms with E-state index in [4.69, 9.17) is 5.73 Å². The number of hydrogen-bond donors (Lipinski definition) is 1. The van der Waals surface area contributed by atoms with Crippen LogP contribution in [0.5, 0.6) is 0 Å². The maximum Gasteiger partial charge on any atom is 0.238 e. The molecule has 0 saturated heterocycles.